The van der Waals surface area contributed by atoms with E-state index in [1.807, 2.05) is 18.8 Å². The van der Waals surface area contributed by atoms with Gasteiger partial charge in [0.1, 0.15) is 0 Å². The highest BCUT2D eigenvalue weighted by Gasteiger charge is 2.23. The van der Waals surface area contributed by atoms with Crippen molar-refractivity contribution in [2.75, 3.05) is 30.0 Å². The van der Waals surface area contributed by atoms with Crippen LogP contribution in [-0.4, -0.2) is 36.1 Å². The molecule has 1 atom stereocenters. The number of pyridine rings is 1. The summed E-state index contributed by atoms with van der Waals surface area (Å²) >= 11 is 1.92. The van der Waals surface area contributed by atoms with Gasteiger partial charge in [0.25, 0.3) is 0 Å². The lowest BCUT2D eigenvalue weighted by molar-refractivity contribution is 0.574. The Morgan fingerprint density at radius 3 is 3.18 bits per heavy atom. The summed E-state index contributed by atoms with van der Waals surface area (Å²) in [5.74, 6) is 2.41. The number of thioether (sulfide) groups is 1. The van der Waals surface area contributed by atoms with E-state index in [4.69, 9.17) is 0 Å². The number of hydrogen-bond acceptors (Lipinski definition) is 4. The monoisotopic (exact) mass is 255 g/mol. The number of aromatic nitrogens is 1. The fraction of sp³-hybridized carbons (Fsp3) is 0.583. The Balaban J connectivity index is 2.27. The van der Waals surface area contributed by atoms with Crippen molar-refractivity contribution in [1.82, 2.24) is 10.3 Å². The van der Waals surface area contributed by atoms with Crippen molar-refractivity contribution in [2.45, 2.75) is 19.5 Å². The Hall–Kier alpha value is -0.810. The third kappa shape index (κ3) is 2.72. The van der Waals surface area contributed by atoms with E-state index in [2.05, 4.69) is 22.1 Å². The topological polar surface area (TPSA) is 28.2 Å². The van der Waals surface area contributed by atoms with Crippen LogP contribution in [0.2, 0.25) is 0 Å². The van der Waals surface area contributed by atoms with Gasteiger partial charge in [-0.05, 0) is 20.0 Å². The maximum Gasteiger partial charge on any atom is 0.170 e. The summed E-state index contributed by atoms with van der Waals surface area (Å²) in [7, 11) is 1.82. The molecule has 17 heavy (non-hydrogen) atoms. The molecular formula is C12H18FN3S. The van der Waals surface area contributed by atoms with E-state index < -0.39 is 0 Å². The van der Waals surface area contributed by atoms with Crippen molar-refractivity contribution in [3.63, 3.8) is 0 Å². The number of rotatable bonds is 3. The van der Waals surface area contributed by atoms with Gasteiger partial charge in [0.2, 0.25) is 0 Å². The first-order chi connectivity index (χ1) is 8.24. The Morgan fingerprint density at radius 1 is 1.65 bits per heavy atom. The molecule has 1 unspecified atom stereocenters. The number of anilines is 1. The predicted molar refractivity (Wildman–Crippen MR) is 71.1 cm³/mol. The van der Waals surface area contributed by atoms with E-state index in [1.165, 1.54) is 0 Å². The van der Waals surface area contributed by atoms with Crippen molar-refractivity contribution in [1.29, 1.82) is 0 Å². The second-order valence-corrected chi connectivity index (χ2v) is 5.41. The molecular weight excluding hydrogens is 237 g/mol. The highest BCUT2D eigenvalue weighted by Crippen LogP contribution is 2.25. The van der Waals surface area contributed by atoms with E-state index in [1.54, 1.807) is 12.3 Å². The van der Waals surface area contributed by atoms with Gasteiger partial charge in [-0.1, -0.05) is 0 Å². The summed E-state index contributed by atoms with van der Waals surface area (Å²) < 4.78 is 14.3. The molecule has 2 heterocycles. The molecule has 1 saturated heterocycles. The van der Waals surface area contributed by atoms with Gasteiger partial charge in [-0.3, -0.25) is 0 Å². The zero-order valence-electron chi connectivity index (χ0n) is 10.2. The molecule has 3 nitrogen and oxygen atoms in total. The fourth-order valence-electron chi connectivity index (χ4n) is 2.04. The van der Waals surface area contributed by atoms with Crippen LogP contribution in [-0.2, 0) is 6.54 Å². The molecule has 1 aliphatic rings. The van der Waals surface area contributed by atoms with Crippen LogP contribution in [0.25, 0.3) is 0 Å². The molecule has 0 amide bonds. The molecule has 0 aliphatic carbocycles. The van der Waals surface area contributed by atoms with Gasteiger partial charge in [-0.25, -0.2) is 9.37 Å². The third-order valence-corrected chi connectivity index (χ3v) is 4.15. The lowest BCUT2D eigenvalue weighted by Gasteiger charge is -2.34. The SMILES string of the molecule is CNCc1ccnc(N2CCSCC2C)c1F. The highest BCUT2D eigenvalue weighted by atomic mass is 32.2. The third-order valence-electron chi connectivity index (χ3n) is 2.96. The van der Waals surface area contributed by atoms with Gasteiger partial charge >= 0.3 is 0 Å². The van der Waals surface area contributed by atoms with Crippen LogP contribution < -0.4 is 10.2 Å². The molecule has 94 valence electrons. The number of halogens is 1. The summed E-state index contributed by atoms with van der Waals surface area (Å²) in [6.07, 6.45) is 1.69. The van der Waals surface area contributed by atoms with Crippen molar-refractivity contribution >= 4 is 17.6 Å². The van der Waals surface area contributed by atoms with Crippen LogP contribution in [0.1, 0.15) is 12.5 Å². The number of hydrogen-bond donors (Lipinski definition) is 1. The Morgan fingerprint density at radius 2 is 2.47 bits per heavy atom. The first-order valence-corrected chi connectivity index (χ1v) is 7.02. The van der Waals surface area contributed by atoms with Crippen molar-refractivity contribution in [3.05, 3.63) is 23.6 Å². The van der Waals surface area contributed by atoms with Gasteiger partial charge in [0.05, 0.1) is 0 Å². The minimum atomic E-state index is -0.180. The predicted octanol–water partition coefficient (Wildman–Crippen LogP) is 1.88. The average Bonchev–Trinajstić information content (AvgIpc) is 2.33. The summed E-state index contributed by atoms with van der Waals surface area (Å²) in [6, 6.07) is 2.08. The second-order valence-electron chi connectivity index (χ2n) is 4.26. The summed E-state index contributed by atoms with van der Waals surface area (Å²) in [5, 5.41) is 2.98. The summed E-state index contributed by atoms with van der Waals surface area (Å²) in [5.41, 5.74) is 0.683. The zero-order chi connectivity index (χ0) is 12.3. The van der Waals surface area contributed by atoms with E-state index in [0.717, 1.165) is 18.1 Å². The van der Waals surface area contributed by atoms with Crippen molar-refractivity contribution in [3.8, 4) is 0 Å². The van der Waals surface area contributed by atoms with Gasteiger partial charge in [0, 0.05) is 42.4 Å². The Bertz CT molecular complexity index is 386. The van der Waals surface area contributed by atoms with Crippen molar-refractivity contribution < 1.29 is 4.39 Å². The maximum atomic E-state index is 14.3. The zero-order valence-corrected chi connectivity index (χ0v) is 11.1. The lowest BCUT2D eigenvalue weighted by atomic mass is 10.2. The van der Waals surface area contributed by atoms with E-state index in [0.29, 0.717) is 24.0 Å². The van der Waals surface area contributed by atoms with Crippen LogP contribution >= 0.6 is 11.8 Å². The van der Waals surface area contributed by atoms with Gasteiger partial charge in [-0.15, -0.1) is 0 Å². The average molecular weight is 255 g/mol. The molecule has 1 aromatic heterocycles. The maximum absolute atomic E-state index is 14.3. The van der Waals surface area contributed by atoms with Crippen LogP contribution in [0, 0.1) is 5.82 Å². The van der Waals surface area contributed by atoms with E-state index in [-0.39, 0.29) is 5.82 Å². The summed E-state index contributed by atoms with van der Waals surface area (Å²) in [4.78, 5) is 6.28. The van der Waals surface area contributed by atoms with Crippen molar-refractivity contribution in [2.24, 2.45) is 0 Å². The number of nitrogens with one attached hydrogen (secondary N) is 1. The largest absolute Gasteiger partial charge is 0.350 e. The molecule has 0 radical (unpaired) electrons. The summed E-state index contributed by atoms with van der Waals surface area (Å²) in [6.45, 7) is 3.54. The molecule has 2 rings (SSSR count). The molecule has 1 aromatic rings. The standard InChI is InChI=1S/C12H18FN3S/c1-9-8-17-6-5-16(9)12-11(13)10(7-14-2)3-4-15-12/h3-4,9,14H,5-8H2,1-2H3. The fourth-order valence-corrected chi connectivity index (χ4v) is 3.05. The Labute approximate surface area is 106 Å². The second kappa shape index (κ2) is 5.69. The van der Waals surface area contributed by atoms with Gasteiger partial charge in [-0.2, -0.15) is 11.8 Å². The molecule has 1 fully saturated rings. The normalized spacial score (nSPS) is 20.6. The van der Waals surface area contributed by atoms with Crippen LogP contribution in [0.15, 0.2) is 12.3 Å². The first-order valence-electron chi connectivity index (χ1n) is 5.86. The molecule has 0 saturated carbocycles. The quantitative estimate of drug-likeness (QED) is 0.892. The van der Waals surface area contributed by atoms with Crippen LogP contribution in [0.3, 0.4) is 0 Å². The first kappa shape index (κ1) is 12.6. The molecule has 1 N–H and O–H groups in total. The highest BCUT2D eigenvalue weighted by molar-refractivity contribution is 7.99. The Kier molecular flexibility index (Phi) is 4.23. The van der Waals surface area contributed by atoms with Crippen LogP contribution in [0.5, 0.6) is 0 Å². The molecule has 0 bridgehead atoms. The molecule has 1 aliphatic heterocycles. The van der Waals surface area contributed by atoms with E-state index >= 15 is 0 Å². The minimum absolute atomic E-state index is 0.180. The van der Waals surface area contributed by atoms with Gasteiger partial charge < -0.3 is 10.2 Å². The van der Waals surface area contributed by atoms with Gasteiger partial charge in [0.15, 0.2) is 11.6 Å². The molecule has 0 aromatic carbocycles. The molecule has 5 heteroatoms. The molecule has 0 spiro atoms. The lowest BCUT2D eigenvalue weighted by Crippen LogP contribution is -2.41. The number of nitrogens with zero attached hydrogens (tertiary/aromatic N) is 2. The smallest absolute Gasteiger partial charge is 0.170 e. The van der Waals surface area contributed by atoms with E-state index in [9.17, 15) is 4.39 Å². The minimum Gasteiger partial charge on any atom is -0.350 e. The van der Waals surface area contributed by atoms with Crippen LogP contribution in [0.4, 0.5) is 10.2 Å².